The Balaban J connectivity index is 0.000000406. The maximum atomic E-state index is 13.8. The van der Waals surface area contributed by atoms with Gasteiger partial charge in [0.25, 0.3) is 0 Å². The van der Waals surface area contributed by atoms with Gasteiger partial charge < -0.3 is 9.38 Å². The van der Waals surface area contributed by atoms with Gasteiger partial charge in [0.2, 0.25) is 0 Å². The number of nitrogens with one attached hydrogen (secondary N) is 1. The van der Waals surface area contributed by atoms with Gasteiger partial charge in [0, 0.05) is 35.0 Å². The first-order valence-electron chi connectivity index (χ1n) is 12.0. The molecular formula is C29H23F6N5. The lowest BCUT2D eigenvalue weighted by Crippen LogP contribution is -2.10. The number of hydrogen-bond acceptors (Lipinski definition) is 3. The maximum Gasteiger partial charge on any atom is 0.434 e. The number of aromatic nitrogens is 5. The molecule has 0 aliphatic carbocycles. The lowest BCUT2D eigenvalue weighted by atomic mass is 10.0. The third-order valence-electron chi connectivity index (χ3n) is 5.78. The van der Waals surface area contributed by atoms with Crippen LogP contribution in [-0.2, 0) is 6.18 Å². The van der Waals surface area contributed by atoms with E-state index in [4.69, 9.17) is 0 Å². The fourth-order valence-electron chi connectivity index (χ4n) is 4.04. The minimum Gasteiger partial charge on any atom is -0.338 e. The molecule has 40 heavy (non-hydrogen) atoms. The number of imidazole rings is 2. The van der Waals surface area contributed by atoms with Crippen molar-refractivity contribution in [2.45, 2.75) is 25.9 Å². The molecule has 0 saturated carbocycles. The van der Waals surface area contributed by atoms with Gasteiger partial charge in [-0.2, -0.15) is 13.2 Å². The highest BCUT2D eigenvalue weighted by Crippen LogP contribution is 2.38. The van der Waals surface area contributed by atoms with Crippen molar-refractivity contribution in [3.63, 3.8) is 0 Å². The number of nitrogens with zero attached hydrogens (tertiary/aromatic N) is 4. The number of aromatic amines is 1. The summed E-state index contributed by atoms with van der Waals surface area (Å²) < 4.78 is 79.5. The molecule has 4 aromatic heterocycles. The molecule has 0 unspecified atom stereocenters. The Morgan fingerprint density at radius 1 is 1.07 bits per heavy atom. The molecule has 0 bridgehead atoms. The van der Waals surface area contributed by atoms with Crippen LogP contribution in [0.25, 0.3) is 39.1 Å². The van der Waals surface area contributed by atoms with Gasteiger partial charge in [0.15, 0.2) is 11.5 Å². The molecule has 0 fully saturated rings. The maximum absolute atomic E-state index is 13.8. The number of benzene rings is 1. The van der Waals surface area contributed by atoms with Crippen molar-refractivity contribution in [3.8, 4) is 22.5 Å². The highest BCUT2D eigenvalue weighted by atomic mass is 19.4. The van der Waals surface area contributed by atoms with E-state index in [9.17, 15) is 26.3 Å². The van der Waals surface area contributed by atoms with Crippen LogP contribution in [0.2, 0.25) is 0 Å². The van der Waals surface area contributed by atoms with Gasteiger partial charge in [-0.1, -0.05) is 38.6 Å². The minimum atomic E-state index is -4.69. The molecule has 0 radical (unpaired) electrons. The van der Waals surface area contributed by atoms with Gasteiger partial charge in [-0.3, -0.25) is 4.98 Å². The molecule has 0 amide bonds. The van der Waals surface area contributed by atoms with E-state index < -0.39 is 23.5 Å². The van der Waals surface area contributed by atoms with Crippen molar-refractivity contribution < 1.29 is 26.3 Å². The van der Waals surface area contributed by atoms with Crippen molar-refractivity contribution in [2.75, 3.05) is 0 Å². The van der Waals surface area contributed by atoms with E-state index in [1.54, 1.807) is 6.20 Å². The number of allylic oxidation sites excluding steroid dienone is 4. The minimum absolute atomic E-state index is 0.0318. The summed E-state index contributed by atoms with van der Waals surface area (Å²) in [5.41, 5.74) is 1.33. The zero-order valence-electron chi connectivity index (χ0n) is 21.3. The Hall–Kier alpha value is -4.67. The second-order valence-electron chi connectivity index (χ2n) is 8.90. The smallest absolute Gasteiger partial charge is 0.338 e. The molecule has 0 aliphatic heterocycles. The van der Waals surface area contributed by atoms with Gasteiger partial charge in [-0.25, -0.2) is 23.1 Å². The van der Waals surface area contributed by atoms with Crippen LogP contribution in [0.5, 0.6) is 0 Å². The van der Waals surface area contributed by atoms with Gasteiger partial charge in [0.05, 0.1) is 22.7 Å². The third kappa shape index (κ3) is 5.98. The molecule has 5 aromatic rings. The van der Waals surface area contributed by atoms with Crippen LogP contribution in [0.4, 0.5) is 26.3 Å². The summed E-state index contributed by atoms with van der Waals surface area (Å²) in [6.07, 6.45) is 3.62. The molecule has 206 valence electrons. The Morgan fingerprint density at radius 3 is 2.52 bits per heavy atom. The van der Waals surface area contributed by atoms with Crippen LogP contribution in [0.1, 0.15) is 31.3 Å². The Labute approximate surface area is 225 Å². The van der Waals surface area contributed by atoms with Crippen molar-refractivity contribution >= 4 is 16.6 Å². The number of pyridine rings is 2. The van der Waals surface area contributed by atoms with E-state index in [2.05, 4.69) is 26.5 Å². The average Bonchev–Trinajstić information content (AvgIpc) is 3.55. The number of alkyl halides is 3. The zero-order chi connectivity index (χ0) is 29.0. The van der Waals surface area contributed by atoms with E-state index in [0.717, 1.165) is 17.4 Å². The van der Waals surface area contributed by atoms with E-state index in [0.29, 0.717) is 22.2 Å². The number of hydrogen-bond donors (Lipinski definition) is 1. The highest BCUT2D eigenvalue weighted by Gasteiger charge is 2.37. The Kier molecular flexibility index (Phi) is 8.22. The van der Waals surface area contributed by atoms with Gasteiger partial charge in [0.1, 0.15) is 23.8 Å². The monoisotopic (exact) mass is 555 g/mol. The molecule has 11 heteroatoms. The SMILES string of the molecule is C=C/C=C\C(F)=C\F.CC(C)c1ncc2c(-c3cnc(C(F)(F)F)c(-c4nc5ccc(F)cc5[nH]4)c3)cccn12. The summed E-state index contributed by atoms with van der Waals surface area (Å²) in [6, 6.07) is 8.84. The number of halogens is 6. The Morgan fingerprint density at radius 2 is 1.85 bits per heavy atom. The number of rotatable bonds is 5. The predicted octanol–water partition coefficient (Wildman–Crippen LogP) is 8.73. The van der Waals surface area contributed by atoms with E-state index in [1.165, 1.54) is 42.6 Å². The molecule has 0 aliphatic rings. The van der Waals surface area contributed by atoms with Crippen LogP contribution < -0.4 is 0 Å². The molecule has 5 nitrogen and oxygen atoms in total. The molecule has 1 N–H and O–H groups in total. The van der Waals surface area contributed by atoms with E-state index in [1.807, 2.05) is 36.6 Å². The zero-order valence-corrected chi connectivity index (χ0v) is 21.3. The molecule has 5 rings (SSSR count). The Bertz CT molecular complexity index is 1730. The van der Waals surface area contributed by atoms with Crippen LogP contribution in [0, 0.1) is 5.82 Å². The second kappa shape index (κ2) is 11.6. The van der Waals surface area contributed by atoms with E-state index in [-0.39, 0.29) is 23.6 Å². The summed E-state index contributed by atoms with van der Waals surface area (Å²) in [6.45, 7) is 7.30. The average molecular weight is 556 g/mol. The summed E-state index contributed by atoms with van der Waals surface area (Å²) in [5.74, 6) is -0.421. The standard InChI is InChI=1S/C23H17F4N5.C6H6F2/c1-12(2)22-29-11-19-15(4-3-7-32(19)22)13-8-16(20(28-10-13)23(25,26)27)21-30-17-6-5-14(24)9-18(17)31-21;1-2-3-4-6(8)5-7/h3-12H,1-2H3,(H,30,31);2-5H,1H2/b;4-3-,6-5-. The first-order chi connectivity index (χ1) is 19.0. The predicted molar refractivity (Wildman–Crippen MR) is 142 cm³/mol. The van der Waals surface area contributed by atoms with Crippen molar-refractivity contribution in [2.24, 2.45) is 0 Å². The molecule has 1 aromatic carbocycles. The highest BCUT2D eigenvalue weighted by molar-refractivity contribution is 5.84. The summed E-state index contributed by atoms with van der Waals surface area (Å²) in [5, 5.41) is 0. The van der Waals surface area contributed by atoms with Gasteiger partial charge >= 0.3 is 6.18 Å². The van der Waals surface area contributed by atoms with Crippen LogP contribution in [-0.4, -0.2) is 24.3 Å². The molecular weight excluding hydrogens is 532 g/mol. The first kappa shape index (κ1) is 28.3. The largest absolute Gasteiger partial charge is 0.434 e. The van der Waals surface area contributed by atoms with Crippen molar-refractivity contribution in [1.82, 2.24) is 24.3 Å². The molecule has 0 spiro atoms. The van der Waals surface area contributed by atoms with E-state index >= 15 is 0 Å². The quantitative estimate of drug-likeness (QED) is 0.174. The van der Waals surface area contributed by atoms with Crippen molar-refractivity contribution in [3.05, 3.63) is 109 Å². The molecule has 4 heterocycles. The molecule has 0 atom stereocenters. The van der Waals surface area contributed by atoms with Gasteiger partial charge in [-0.05, 0) is 36.4 Å². The van der Waals surface area contributed by atoms with Crippen molar-refractivity contribution in [1.29, 1.82) is 0 Å². The van der Waals surface area contributed by atoms with Crippen LogP contribution >= 0.6 is 0 Å². The number of H-pyrrole nitrogens is 1. The summed E-state index contributed by atoms with van der Waals surface area (Å²) in [4.78, 5) is 15.2. The summed E-state index contributed by atoms with van der Waals surface area (Å²) in [7, 11) is 0. The second-order valence-corrected chi connectivity index (χ2v) is 8.90. The first-order valence-corrected chi connectivity index (χ1v) is 12.0. The van der Waals surface area contributed by atoms with Crippen LogP contribution in [0.3, 0.4) is 0 Å². The summed E-state index contributed by atoms with van der Waals surface area (Å²) >= 11 is 0. The van der Waals surface area contributed by atoms with Crippen LogP contribution in [0.15, 0.2) is 92.0 Å². The number of fused-ring (bicyclic) bond motifs is 2. The fourth-order valence-corrected chi connectivity index (χ4v) is 4.04. The molecule has 0 saturated heterocycles. The van der Waals surface area contributed by atoms with Gasteiger partial charge in [-0.15, -0.1) is 0 Å². The fraction of sp³-hybridized carbons (Fsp3) is 0.138. The topological polar surface area (TPSA) is 58.9 Å². The normalized spacial score (nSPS) is 12.4. The lowest BCUT2D eigenvalue weighted by Gasteiger charge is -2.13. The lowest BCUT2D eigenvalue weighted by molar-refractivity contribution is -0.140. The third-order valence-corrected chi connectivity index (χ3v) is 5.78.